The normalized spacial score (nSPS) is 13.0. The number of fused-ring (bicyclic) bond motifs is 1. The molecule has 1 aliphatic rings. The summed E-state index contributed by atoms with van der Waals surface area (Å²) in [7, 11) is 0. The van der Waals surface area contributed by atoms with E-state index in [1.165, 1.54) is 12.1 Å². The Kier molecular flexibility index (Phi) is 5.32. The number of rotatable bonds is 3. The van der Waals surface area contributed by atoms with Crippen LogP contribution in [0.15, 0.2) is 66.7 Å². The van der Waals surface area contributed by atoms with Crippen molar-refractivity contribution in [2.24, 2.45) is 0 Å². The number of carbonyl (C=O) groups excluding carboxylic acids is 2. The van der Waals surface area contributed by atoms with Crippen molar-refractivity contribution in [3.05, 3.63) is 94.3 Å². The van der Waals surface area contributed by atoms with Gasteiger partial charge in [-0.1, -0.05) is 35.9 Å². The zero-order valence-electron chi connectivity index (χ0n) is 15.5. The van der Waals surface area contributed by atoms with Gasteiger partial charge < -0.3 is 10.2 Å². The molecule has 0 spiro atoms. The van der Waals surface area contributed by atoms with Gasteiger partial charge in [-0.3, -0.25) is 9.59 Å². The molecule has 4 rings (SSSR count). The van der Waals surface area contributed by atoms with Gasteiger partial charge in [-0.25, -0.2) is 4.39 Å². The quantitative estimate of drug-likeness (QED) is 0.637. The highest BCUT2D eigenvalue weighted by Crippen LogP contribution is 2.31. The van der Waals surface area contributed by atoms with Gasteiger partial charge in [0.1, 0.15) is 5.82 Å². The number of nitrogens with one attached hydrogen (secondary N) is 1. The molecule has 1 heterocycles. The van der Waals surface area contributed by atoms with Crippen LogP contribution in [0.25, 0.3) is 0 Å². The fourth-order valence-electron chi connectivity index (χ4n) is 3.47. The van der Waals surface area contributed by atoms with Crippen molar-refractivity contribution in [1.29, 1.82) is 0 Å². The summed E-state index contributed by atoms with van der Waals surface area (Å²) < 4.78 is 13.2. The second-order valence-electron chi connectivity index (χ2n) is 6.85. The molecule has 0 saturated carbocycles. The number of aryl methyl sites for hydroxylation is 1. The van der Waals surface area contributed by atoms with Gasteiger partial charge in [-0.15, -0.1) is 0 Å². The molecule has 4 nitrogen and oxygen atoms in total. The van der Waals surface area contributed by atoms with Crippen molar-refractivity contribution in [1.82, 2.24) is 0 Å². The van der Waals surface area contributed by atoms with Crippen molar-refractivity contribution in [2.45, 2.75) is 12.8 Å². The summed E-state index contributed by atoms with van der Waals surface area (Å²) in [4.78, 5) is 27.3. The Morgan fingerprint density at radius 3 is 2.55 bits per heavy atom. The first-order chi connectivity index (χ1) is 14.0. The van der Waals surface area contributed by atoms with Crippen LogP contribution in [0.4, 0.5) is 15.8 Å². The average molecular weight is 409 g/mol. The van der Waals surface area contributed by atoms with Crippen LogP contribution in [-0.2, 0) is 6.42 Å². The number of halogens is 2. The molecule has 29 heavy (non-hydrogen) atoms. The van der Waals surface area contributed by atoms with Crippen LogP contribution >= 0.6 is 11.6 Å². The minimum Gasteiger partial charge on any atom is -0.322 e. The summed E-state index contributed by atoms with van der Waals surface area (Å²) in [6, 6.07) is 18.3. The highest BCUT2D eigenvalue weighted by atomic mass is 35.5. The summed E-state index contributed by atoms with van der Waals surface area (Å²) in [6.07, 6.45) is 1.74. The average Bonchev–Trinajstić information content (AvgIpc) is 2.73. The Balaban J connectivity index is 1.61. The molecule has 2 amide bonds. The maximum atomic E-state index is 13.2. The zero-order chi connectivity index (χ0) is 20.4. The Morgan fingerprint density at radius 2 is 1.79 bits per heavy atom. The second kappa shape index (κ2) is 8.05. The van der Waals surface area contributed by atoms with Crippen LogP contribution in [0.3, 0.4) is 0 Å². The molecule has 3 aromatic carbocycles. The molecular weight excluding hydrogens is 391 g/mol. The van der Waals surface area contributed by atoms with Crippen molar-refractivity contribution >= 4 is 34.8 Å². The summed E-state index contributed by atoms with van der Waals surface area (Å²) in [5.41, 5.74) is 3.18. The summed E-state index contributed by atoms with van der Waals surface area (Å²) in [5.74, 6) is -1.02. The molecule has 6 heteroatoms. The molecule has 1 aliphatic heterocycles. The number of carbonyl (C=O) groups is 2. The van der Waals surface area contributed by atoms with Gasteiger partial charge in [0.25, 0.3) is 11.8 Å². The molecule has 1 N–H and O–H groups in total. The van der Waals surface area contributed by atoms with Crippen LogP contribution < -0.4 is 10.2 Å². The van der Waals surface area contributed by atoms with Gasteiger partial charge in [-0.2, -0.15) is 0 Å². The minimum atomic E-state index is -0.504. The van der Waals surface area contributed by atoms with Gasteiger partial charge >= 0.3 is 0 Å². The third kappa shape index (κ3) is 4.00. The first-order valence-electron chi connectivity index (χ1n) is 9.29. The number of hydrogen-bond donors (Lipinski definition) is 1. The van der Waals surface area contributed by atoms with E-state index in [2.05, 4.69) is 5.32 Å². The van der Waals surface area contributed by atoms with Crippen LogP contribution in [0.5, 0.6) is 0 Å². The molecule has 0 bridgehead atoms. The minimum absolute atomic E-state index is 0.0429. The predicted octanol–water partition coefficient (Wildman–Crippen LogP) is 5.32. The molecule has 0 aromatic heterocycles. The van der Waals surface area contributed by atoms with E-state index in [0.29, 0.717) is 17.8 Å². The number of nitrogens with zero attached hydrogens (tertiary/aromatic N) is 1. The zero-order valence-corrected chi connectivity index (χ0v) is 16.2. The Labute approximate surface area is 172 Å². The number of anilines is 2. The molecule has 0 saturated heterocycles. The SMILES string of the molecule is O=C(Nc1ccc2c(c1)N(C(=O)c1ccccc1)CCC2)c1ccc(F)cc1Cl. The highest BCUT2D eigenvalue weighted by Gasteiger charge is 2.24. The number of benzene rings is 3. The Hall–Kier alpha value is -3.18. The highest BCUT2D eigenvalue weighted by molar-refractivity contribution is 6.34. The van der Waals surface area contributed by atoms with Crippen LogP contribution in [0.1, 0.15) is 32.7 Å². The molecule has 0 atom stereocenters. The van der Waals surface area contributed by atoms with E-state index in [4.69, 9.17) is 11.6 Å². The molecule has 0 unspecified atom stereocenters. The maximum Gasteiger partial charge on any atom is 0.258 e. The monoisotopic (exact) mass is 408 g/mol. The molecule has 146 valence electrons. The summed E-state index contributed by atoms with van der Waals surface area (Å²) in [5, 5.41) is 2.83. The molecule has 0 radical (unpaired) electrons. The van der Waals surface area contributed by atoms with E-state index >= 15 is 0 Å². The van der Waals surface area contributed by atoms with E-state index in [1.807, 2.05) is 24.3 Å². The lowest BCUT2D eigenvalue weighted by Gasteiger charge is -2.30. The number of amides is 2. The molecule has 0 fully saturated rings. The van der Waals surface area contributed by atoms with E-state index in [0.717, 1.165) is 30.2 Å². The topological polar surface area (TPSA) is 49.4 Å². The Morgan fingerprint density at radius 1 is 1.00 bits per heavy atom. The van der Waals surface area contributed by atoms with E-state index in [9.17, 15) is 14.0 Å². The van der Waals surface area contributed by atoms with Crippen molar-refractivity contribution in [3.8, 4) is 0 Å². The van der Waals surface area contributed by atoms with Gasteiger partial charge in [0.2, 0.25) is 0 Å². The van der Waals surface area contributed by atoms with Crippen LogP contribution in [-0.4, -0.2) is 18.4 Å². The smallest absolute Gasteiger partial charge is 0.258 e. The van der Waals surface area contributed by atoms with Crippen molar-refractivity contribution < 1.29 is 14.0 Å². The van der Waals surface area contributed by atoms with E-state index in [-0.39, 0.29) is 16.5 Å². The van der Waals surface area contributed by atoms with Gasteiger partial charge in [0.05, 0.1) is 10.6 Å². The predicted molar refractivity (Wildman–Crippen MR) is 112 cm³/mol. The summed E-state index contributed by atoms with van der Waals surface area (Å²) >= 11 is 5.98. The first-order valence-corrected chi connectivity index (χ1v) is 9.67. The fourth-order valence-corrected chi connectivity index (χ4v) is 3.72. The second-order valence-corrected chi connectivity index (χ2v) is 7.26. The Bertz CT molecular complexity index is 1090. The lowest BCUT2D eigenvalue weighted by atomic mass is 10.00. The lowest BCUT2D eigenvalue weighted by Crippen LogP contribution is -2.35. The van der Waals surface area contributed by atoms with E-state index < -0.39 is 11.7 Å². The standard InChI is InChI=1S/C23H18ClFN2O2/c24-20-13-17(25)9-11-19(20)22(28)26-18-10-8-15-7-4-12-27(21(15)14-18)23(29)16-5-2-1-3-6-16/h1-3,5-6,8-11,13-14H,4,7,12H2,(H,26,28). The third-order valence-corrected chi connectivity index (χ3v) is 5.22. The maximum absolute atomic E-state index is 13.2. The molecule has 0 aliphatic carbocycles. The van der Waals surface area contributed by atoms with Crippen LogP contribution in [0, 0.1) is 5.82 Å². The van der Waals surface area contributed by atoms with Crippen molar-refractivity contribution in [3.63, 3.8) is 0 Å². The van der Waals surface area contributed by atoms with Crippen molar-refractivity contribution in [2.75, 3.05) is 16.8 Å². The van der Waals surface area contributed by atoms with Crippen LogP contribution in [0.2, 0.25) is 5.02 Å². The van der Waals surface area contributed by atoms with E-state index in [1.54, 1.807) is 29.2 Å². The third-order valence-electron chi connectivity index (χ3n) is 4.90. The fraction of sp³-hybridized carbons (Fsp3) is 0.130. The largest absolute Gasteiger partial charge is 0.322 e. The first kappa shape index (κ1) is 19.2. The van der Waals surface area contributed by atoms with Gasteiger partial charge in [0, 0.05) is 23.5 Å². The van der Waals surface area contributed by atoms with Gasteiger partial charge in [-0.05, 0) is 60.9 Å². The molecule has 3 aromatic rings. The van der Waals surface area contributed by atoms with Gasteiger partial charge in [0.15, 0.2) is 0 Å². The summed E-state index contributed by atoms with van der Waals surface area (Å²) in [6.45, 7) is 0.613. The lowest BCUT2D eigenvalue weighted by molar-refractivity contribution is 0.0984. The molecular formula is C23H18ClFN2O2. The number of hydrogen-bond acceptors (Lipinski definition) is 2.